The van der Waals surface area contributed by atoms with Gasteiger partial charge in [0.15, 0.2) is 11.6 Å². The molecule has 0 unspecified atom stereocenters. The van der Waals surface area contributed by atoms with Crippen molar-refractivity contribution >= 4 is 33.3 Å². The Labute approximate surface area is 172 Å². The van der Waals surface area contributed by atoms with Gasteiger partial charge in [-0.15, -0.1) is 0 Å². The van der Waals surface area contributed by atoms with Crippen molar-refractivity contribution in [1.29, 1.82) is 0 Å². The molecule has 0 bridgehead atoms. The van der Waals surface area contributed by atoms with Crippen molar-refractivity contribution in [1.82, 2.24) is 10.2 Å². The zero-order chi connectivity index (χ0) is 20.7. The van der Waals surface area contributed by atoms with Gasteiger partial charge in [-0.2, -0.15) is 5.10 Å². The Bertz CT molecular complexity index is 1410. The molecule has 0 fully saturated rings. The molecule has 3 N–H and O–H groups in total. The normalized spacial score (nSPS) is 11.2. The number of hydrogen-bond donors (Lipinski definition) is 2. The lowest BCUT2D eigenvalue weighted by molar-refractivity contribution is 0.0994. The van der Waals surface area contributed by atoms with Crippen molar-refractivity contribution < 1.29 is 9.18 Å². The van der Waals surface area contributed by atoms with Crippen LogP contribution >= 0.6 is 0 Å². The summed E-state index contributed by atoms with van der Waals surface area (Å²) >= 11 is 0. The third kappa shape index (κ3) is 3.01. The molecule has 1 heterocycles. The Morgan fingerprint density at radius 3 is 2.63 bits per heavy atom. The number of H-pyrrole nitrogens is 1. The van der Waals surface area contributed by atoms with Crippen LogP contribution in [0.4, 0.5) is 10.2 Å². The first-order valence-corrected chi connectivity index (χ1v) is 9.64. The maximum atomic E-state index is 14.1. The number of ketones is 1. The topological polar surface area (TPSA) is 71.8 Å². The number of hydrogen-bond acceptors (Lipinski definition) is 3. The van der Waals surface area contributed by atoms with E-state index >= 15 is 0 Å². The molecule has 0 spiro atoms. The van der Waals surface area contributed by atoms with Crippen LogP contribution in [-0.2, 0) is 6.42 Å². The third-order valence-corrected chi connectivity index (χ3v) is 5.40. The van der Waals surface area contributed by atoms with Gasteiger partial charge in [-0.1, -0.05) is 66.7 Å². The zero-order valence-electron chi connectivity index (χ0n) is 16.0. The van der Waals surface area contributed by atoms with Gasteiger partial charge < -0.3 is 5.73 Å². The monoisotopic (exact) mass is 395 g/mol. The van der Waals surface area contributed by atoms with Gasteiger partial charge in [0.1, 0.15) is 11.3 Å². The molecule has 5 rings (SSSR count). The van der Waals surface area contributed by atoms with Gasteiger partial charge in [0.25, 0.3) is 0 Å². The third-order valence-electron chi connectivity index (χ3n) is 5.40. The molecule has 146 valence electrons. The number of benzene rings is 4. The van der Waals surface area contributed by atoms with Crippen LogP contribution in [0, 0.1) is 5.82 Å². The fraction of sp³-hybridized carbons (Fsp3) is 0.0400. The lowest BCUT2D eigenvalue weighted by Gasteiger charge is -2.10. The molecule has 4 nitrogen and oxygen atoms in total. The molecule has 5 aromatic rings. The molecular weight excluding hydrogens is 377 g/mol. The van der Waals surface area contributed by atoms with Crippen LogP contribution in [0.3, 0.4) is 0 Å². The molecule has 0 aliphatic carbocycles. The number of aromatic amines is 1. The number of Topliss-reactive ketones (excluding diaryl/α,β-unsaturated/α-hetero) is 1. The summed E-state index contributed by atoms with van der Waals surface area (Å²) in [5, 5.41) is 8.99. The Hall–Kier alpha value is -3.99. The fourth-order valence-electron chi connectivity index (χ4n) is 3.94. The number of halogens is 1. The standard InChI is InChI=1S/C25H18FN3O/c26-21-12-11-19(23-24(21)28-29-25(23)27)17-9-10-18-16(14-17)7-4-8-20(18)22(30)13-15-5-2-1-3-6-15/h1-12,14H,13H2,(H3,27,28,29). The zero-order valence-corrected chi connectivity index (χ0v) is 16.0. The molecule has 0 aliphatic heterocycles. The number of rotatable bonds is 4. The van der Waals surface area contributed by atoms with E-state index in [4.69, 9.17) is 5.73 Å². The summed E-state index contributed by atoms with van der Waals surface area (Å²) in [5.74, 6) is -0.0678. The molecule has 4 aromatic carbocycles. The van der Waals surface area contributed by atoms with Crippen molar-refractivity contribution in [2.45, 2.75) is 6.42 Å². The van der Waals surface area contributed by atoms with Crippen LogP contribution in [0.15, 0.2) is 78.9 Å². The van der Waals surface area contributed by atoms with Crippen LogP contribution in [-0.4, -0.2) is 16.0 Å². The number of carbonyl (C=O) groups is 1. The second-order valence-electron chi connectivity index (χ2n) is 7.28. The average Bonchev–Trinajstić information content (AvgIpc) is 3.16. The van der Waals surface area contributed by atoms with Gasteiger partial charge in [0, 0.05) is 12.0 Å². The molecule has 1 aromatic heterocycles. The van der Waals surface area contributed by atoms with Crippen molar-refractivity contribution in [3.63, 3.8) is 0 Å². The Balaban J connectivity index is 1.59. The molecule has 0 amide bonds. The maximum Gasteiger partial charge on any atom is 0.167 e. The molecule has 30 heavy (non-hydrogen) atoms. The summed E-state index contributed by atoms with van der Waals surface area (Å²) in [7, 11) is 0. The molecule has 0 aliphatic rings. The lowest BCUT2D eigenvalue weighted by atomic mass is 9.94. The summed E-state index contributed by atoms with van der Waals surface area (Å²) in [4.78, 5) is 12.9. The Morgan fingerprint density at radius 1 is 0.967 bits per heavy atom. The van der Waals surface area contributed by atoms with Crippen LogP contribution in [0.1, 0.15) is 15.9 Å². The van der Waals surface area contributed by atoms with Crippen molar-refractivity contribution in [3.05, 3.63) is 95.8 Å². The van der Waals surface area contributed by atoms with Gasteiger partial charge >= 0.3 is 0 Å². The highest BCUT2D eigenvalue weighted by molar-refractivity contribution is 6.10. The van der Waals surface area contributed by atoms with Crippen LogP contribution in [0.5, 0.6) is 0 Å². The SMILES string of the molecule is Nc1n[nH]c2c(F)ccc(-c3ccc4c(C(=O)Cc5ccccc5)cccc4c3)c12. The summed E-state index contributed by atoms with van der Waals surface area (Å²) in [6, 6.07) is 24.4. The minimum absolute atomic E-state index is 0.0720. The van der Waals surface area contributed by atoms with E-state index in [0.29, 0.717) is 17.4 Å². The van der Waals surface area contributed by atoms with E-state index in [-0.39, 0.29) is 17.1 Å². The Morgan fingerprint density at radius 2 is 1.80 bits per heavy atom. The van der Waals surface area contributed by atoms with Crippen molar-refractivity contribution in [2.24, 2.45) is 0 Å². The number of carbonyl (C=O) groups excluding carboxylic acids is 1. The first kappa shape index (κ1) is 18.1. The summed E-state index contributed by atoms with van der Waals surface area (Å²) in [6.45, 7) is 0. The summed E-state index contributed by atoms with van der Waals surface area (Å²) < 4.78 is 14.1. The van der Waals surface area contributed by atoms with E-state index in [9.17, 15) is 9.18 Å². The molecule has 5 heteroatoms. The number of nitrogens with two attached hydrogens (primary N) is 1. The average molecular weight is 395 g/mol. The molecule has 0 atom stereocenters. The number of fused-ring (bicyclic) bond motifs is 2. The van der Waals surface area contributed by atoms with E-state index in [2.05, 4.69) is 10.2 Å². The summed E-state index contributed by atoms with van der Waals surface area (Å²) in [5.41, 5.74) is 9.62. The smallest absolute Gasteiger partial charge is 0.167 e. The number of nitrogens with zero attached hydrogens (tertiary/aromatic N) is 1. The highest BCUT2D eigenvalue weighted by Crippen LogP contribution is 2.34. The molecular formula is C25H18FN3O. The first-order valence-electron chi connectivity index (χ1n) is 9.64. The fourth-order valence-corrected chi connectivity index (χ4v) is 3.94. The molecule has 0 saturated heterocycles. The molecule has 0 saturated carbocycles. The van der Waals surface area contributed by atoms with E-state index in [1.807, 2.05) is 66.7 Å². The predicted molar refractivity (Wildman–Crippen MR) is 118 cm³/mol. The molecule has 0 radical (unpaired) electrons. The Kier molecular flexibility index (Phi) is 4.29. The minimum atomic E-state index is -0.396. The van der Waals surface area contributed by atoms with Crippen LogP contribution in [0.25, 0.3) is 32.8 Å². The maximum absolute atomic E-state index is 14.1. The van der Waals surface area contributed by atoms with E-state index in [0.717, 1.165) is 27.5 Å². The van der Waals surface area contributed by atoms with Gasteiger partial charge in [-0.25, -0.2) is 4.39 Å². The first-order chi connectivity index (χ1) is 14.6. The van der Waals surface area contributed by atoms with Crippen LogP contribution < -0.4 is 5.73 Å². The van der Waals surface area contributed by atoms with Gasteiger partial charge in [0.2, 0.25) is 0 Å². The number of aromatic nitrogens is 2. The van der Waals surface area contributed by atoms with E-state index in [1.165, 1.54) is 6.07 Å². The van der Waals surface area contributed by atoms with E-state index < -0.39 is 5.82 Å². The van der Waals surface area contributed by atoms with Gasteiger partial charge in [0.05, 0.1) is 5.39 Å². The second-order valence-corrected chi connectivity index (χ2v) is 7.28. The quantitative estimate of drug-likeness (QED) is 0.393. The van der Waals surface area contributed by atoms with Crippen LogP contribution in [0.2, 0.25) is 0 Å². The minimum Gasteiger partial charge on any atom is -0.382 e. The predicted octanol–water partition coefficient (Wildman–Crippen LogP) is 5.53. The van der Waals surface area contributed by atoms with E-state index in [1.54, 1.807) is 6.07 Å². The number of anilines is 1. The second kappa shape index (κ2) is 7.12. The summed E-state index contributed by atoms with van der Waals surface area (Å²) in [6.07, 6.45) is 0.353. The number of nitrogen functional groups attached to an aromatic ring is 1. The highest BCUT2D eigenvalue weighted by atomic mass is 19.1. The van der Waals surface area contributed by atoms with Crippen molar-refractivity contribution in [2.75, 3.05) is 5.73 Å². The van der Waals surface area contributed by atoms with Gasteiger partial charge in [-0.3, -0.25) is 9.89 Å². The van der Waals surface area contributed by atoms with Crippen molar-refractivity contribution in [3.8, 4) is 11.1 Å². The van der Waals surface area contributed by atoms with Gasteiger partial charge in [-0.05, 0) is 39.6 Å². The highest BCUT2D eigenvalue weighted by Gasteiger charge is 2.15. The lowest BCUT2D eigenvalue weighted by Crippen LogP contribution is -2.04. The largest absolute Gasteiger partial charge is 0.382 e. The number of nitrogens with one attached hydrogen (secondary N) is 1.